The van der Waals surface area contributed by atoms with Gasteiger partial charge in [-0.25, -0.2) is 0 Å². The van der Waals surface area contributed by atoms with Crippen molar-refractivity contribution in [3.05, 3.63) is 70.3 Å². The number of phenols is 2. The molecule has 2 aromatic carbocycles. The number of aryl methyl sites for hydroxylation is 2. The first-order valence-electron chi connectivity index (χ1n) is 10.7. The SMILES string of the molecule is C=NC1C(c2ccc(O)c(C)c2)C(C2=CCCC3CC23)C1c1ccc(O)c(C)c1. The van der Waals surface area contributed by atoms with Gasteiger partial charge in [-0.1, -0.05) is 35.9 Å². The summed E-state index contributed by atoms with van der Waals surface area (Å²) in [7, 11) is 0. The van der Waals surface area contributed by atoms with Crippen molar-refractivity contribution in [2.75, 3.05) is 0 Å². The lowest BCUT2D eigenvalue weighted by molar-refractivity contribution is 0.187. The van der Waals surface area contributed by atoms with E-state index in [1.807, 2.05) is 26.0 Å². The number of phenolic OH excluding ortho intramolecular Hbond substituents is 2. The van der Waals surface area contributed by atoms with Gasteiger partial charge in [-0.15, -0.1) is 0 Å². The highest BCUT2D eigenvalue weighted by molar-refractivity contribution is 5.48. The van der Waals surface area contributed by atoms with Gasteiger partial charge >= 0.3 is 0 Å². The number of allylic oxidation sites excluding steroid dienone is 2. The molecule has 4 atom stereocenters. The third-order valence-corrected chi connectivity index (χ3v) is 7.59. The highest BCUT2D eigenvalue weighted by Gasteiger charge is 2.57. The van der Waals surface area contributed by atoms with Crippen LogP contribution in [-0.4, -0.2) is 23.0 Å². The molecule has 4 unspecified atom stereocenters. The second kappa shape index (κ2) is 6.76. The summed E-state index contributed by atoms with van der Waals surface area (Å²) < 4.78 is 0. The molecule has 3 heteroatoms. The first kappa shape index (κ1) is 18.5. The van der Waals surface area contributed by atoms with E-state index >= 15 is 0 Å². The average molecular weight is 388 g/mol. The van der Waals surface area contributed by atoms with E-state index in [4.69, 9.17) is 0 Å². The Balaban J connectivity index is 1.59. The van der Waals surface area contributed by atoms with Crippen molar-refractivity contribution in [2.45, 2.75) is 51.0 Å². The lowest BCUT2D eigenvalue weighted by atomic mass is 9.53. The van der Waals surface area contributed by atoms with Crippen LogP contribution in [0, 0.1) is 31.6 Å². The number of aromatic hydroxyl groups is 2. The summed E-state index contributed by atoms with van der Waals surface area (Å²) in [5.74, 6) is 3.29. The minimum Gasteiger partial charge on any atom is -0.508 e. The van der Waals surface area contributed by atoms with E-state index in [9.17, 15) is 10.2 Å². The number of benzene rings is 2. The fourth-order valence-electron chi connectivity index (χ4n) is 5.92. The number of fused-ring (bicyclic) bond motifs is 1. The summed E-state index contributed by atoms with van der Waals surface area (Å²) in [6.45, 7) is 7.87. The van der Waals surface area contributed by atoms with Gasteiger partial charge in [-0.3, -0.25) is 4.99 Å². The molecule has 2 N–H and O–H groups in total. The molecule has 5 rings (SSSR count). The molecule has 150 valence electrons. The van der Waals surface area contributed by atoms with Crippen LogP contribution in [0.5, 0.6) is 11.5 Å². The molecule has 0 saturated heterocycles. The van der Waals surface area contributed by atoms with E-state index in [1.54, 1.807) is 5.57 Å². The van der Waals surface area contributed by atoms with Crippen LogP contribution < -0.4 is 0 Å². The Labute approximate surface area is 172 Å². The maximum atomic E-state index is 10.0. The van der Waals surface area contributed by atoms with Gasteiger partial charge in [0.2, 0.25) is 0 Å². The largest absolute Gasteiger partial charge is 0.508 e. The molecular weight excluding hydrogens is 358 g/mol. The molecule has 2 aromatic rings. The van der Waals surface area contributed by atoms with Gasteiger partial charge in [0, 0.05) is 11.8 Å². The lowest BCUT2D eigenvalue weighted by Crippen LogP contribution is -2.48. The maximum Gasteiger partial charge on any atom is 0.118 e. The van der Waals surface area contributed by atoms with Gasteiger partial charge in [-0.2, -0.15) is 0 Å². The van der Waals surface area contributed by atoms with Gasteiger partial charge < -0.3 is 10.2 Å². The number of rotatable bonds is 4. The third kappa shape index (κ3) is 2.90. The first-order valence-corrected chi connectivity index (χ1v) is 10.7. The van der Waals surface area contributed by atoms with Crippen LogP contribution >= 0.6 is 0 Å². The summed E-state index contributed by atoms with van der Waals surface area (Å²) in [6.07, 6.45) is 6.34. The Morgan fingerprint density at radius 3 is 2.00 bits per heavy atom. The predicted octanol–water partition coefficient (Wildman–Crippen LogP) is 5.64. The molecule has 0 spiro atoms. The fourth-order valence-corrected chi connectivity index (χ4v) is 5.92. The third-order valence-electron chi connectivity index (χ3n) is 7.59. The van der Waals surface area contributed by atoms with Gasteiger partial charge in [0.1, 0.15) is 11.5 Å². The van der Waals surface area contributed by atoms with Crippen LogP contribution in [-0.2, 0) is 0 Å². The molecule has 2 fully saturated rings. The Morgan fingerprint density at radius 1 is 0.897 bits per heavy atom. The zero-order valence-corrected chi connectivity index (χ0v) is 17.2. The Morgan fingerprint density at radius 2 is 1.48 bits per heavy atom. The molecule has 0 heterocycles. The van der Waals surface area contributed by atoms with Crippen molar-refractivity contribution in [3.8, 4) is 11.5 Å². The topological polar surface area (TPSA) is 52.8 Å². The number of hydrogen-bond donors (Lipinski definition) is 2. The molecule has 3 aliphatic carbocycles. The summed E-state index contributed by atoms with van der Waals surface area (Å²) >= 11 is 0. The molecule has 3 aliphatic rings. The van der Waals surface area contributed by atoms with Crippen molar-refractivity contribution in [1.82, 2.24) is 0 Å². The van der Waals surface area contributed by atoms with Crippen molar-refractivity contribution < 1.29 is 10.2 Å². The molecular formula is C26H29NO2. The Kier molecular flexibility index (Phi) is 4.31. The Hall–Kier alpha value is -2.55. The van der Waals surface area contributed by atoms with Crippen LogP contribution in [0.15, 0.2) is 53.0 Å². The summed E-state index contributed by atoms with van der Waals surface area (Å²) in [6, 6.07) is 12.1. The van der Waals surface area contributed by atoms with Crippen LogP contribution in [0.4, 0.5) is 0 Å². The van der Waals surface area contributed by atoms with E-state index in [-0.39, 0.29) is 17.9 Å². The van der Waals surface area contributed by atoms with E-state index in [0.29, 0.717) is 17.4 Å². The highest BCUT2D eigenvalue weighted by Crippen LogP contribution is 2.64. The first-order chi connectivity index (χ1) is 14.0. The van der Waals surface area contributed by atoms with E-state index < -0.39 is 0 Å². The van der Waals surface area contributed by atoms with Crippen molar-refractivity contribution in [3.63, 3.8) is 0 Å². The molecule has 3 nitrogen and oxygen atoms in total. The molecule has 2 saturated carbocycles. The van der Waals surface area contributed by atoms with Crippen LogP contribution in [0.25, 0.3) is 0 Å². The van der Waals surface area contributed by atoms with Gasteiger partial charge in [0.05, 0.1) is 6.04 Å². The number of hydrogen-bond acceptors (Lipinski definition) is 3. The molecule has 0 radical (unpaired) electrons. The number of nitrogens with zero attached hydrogens (tertiary/aromatic N) is 1. The maximum absolute atomic E-state index is 10.0. The smallest absolute Gasteiger partial charge is 0.118 e. The zero-order chi connectivity index (χ0) is 20.3. The van der Waals surface area contributed by atoms with Crippen LogP contribution in [0.3, 0.4) is 0 Å². The fraction of sp³-hybridized carbons (Fsp3) is 0.423. The average Bonchev–Trinajstić information content (AvgIpc) is 3.48. The monoisotopic (exact) mass is 387 g/mol. The summed E-state index contributed by atoms with van der Waals surface area (Å²) in [5, 5.41) is 20.0. The van der Waals surface area contributed by atoms with Crippen LogP contribution in [0.2, 0.25) is 0 Å². The van der Waals surface area contributed by atoms with E-state index in [2.05, 4.69) is 42.1 Å². The minimum atomic E-state index is 0.105. The standard InChI is InChI=1S/C26H29NO2/c1-14-11-17(7-9-21(14)28)23-25(19-6-4-5-16-13-20(16)19)24(26(23)27-3)18-8-10-22(29)15(2)12-18/h6-12,16,20,23-26,28-29H,3-5,13H2,1-2H3. The van der Waals surface area contributed by atoms with Crippen molar-refractivity contribution in [1.29, 1.82) is 0 Å². The molecule has 0 bridgehead atoms. The lowest BCUT2D eigenvalue weighted by Gasteiger charge is -2.52. The van der Waals surface area contributed by atoms with Gasteiger partial charge in [0.25, 0.3) is 0 Å². The molecule has 0 aliphatic heterocycles. The zero-order valence-electron chi connectivity index (χ0n) is 17.2. The van der Waals surface area contributed by atoms with Gasteiger partial charge in [0.15, 0.2) is 0 Å². The molecule has 0 aromatic heterocycles. The molecule has 29 heavy (non-hydrogen) atoms. The summed E-state index contributed by atoms with van der Waals surface area (Å²) in [5.41, 5.74) is 5.94. The summed E-state index contributed by atoms with van der Waals surface area (Å²) in [4.78, 5) is 4.60. The van der Waals surface area contributed by atoms with E-state index in [0.717, 1.165) is 23.0 Å². The minimum absolute atomic E-state index is 0.105. The number of aliphatic imine (C=N–C) groups is 1. The highest BCUT2D eigenvalue weighted by atomic mass is 16.3. The normalized spacial score (nSPS) is 32.7. The second-order valence-electron chi connectivity index (χ2n) is 9.23. The van der Waals surface area contributed by atoms with Crippen LogP contribution in [0.1, 0.15) is 53.4 Å². The Bertz CT molecular complexity index is 948. The van der Waals surface area contributed by atoms with Gasteiger partial charge in [-0.05, 0) is 92.0 Å². The second-order valence-corrected chi connectivity index (χ2v) is 9.23. The predicted molar refractivity (Wildman–Crippen MR) is 117 cm³/mol. The van der Waals surface area contributed by atoms with Crippen molar-refractivity contribution >= 4 is 6.72 Å². The quantitative estimate of drug-likeness (QED) is 0.527. The van der Waals surface area contributed by atoms with Crippen molar-refractivity contribution in [2.24, 2.45) is 22.7 Å². The molecule has 0 amide bonds. The van der Waals surface area contributed by atoms with E-state index in [1.165, 1.54) is 30.4 Å².